The van der Waals surface area contributed by atoms with Crippen molar-refractivity contribution < 1.29 is 5.11 Å². The Morgan fingerprint density at radius 2 is 2.00 bits per heavy atom. The average Bonchev–Trinajstić information content (AvgIpc) is 2.38. The Balaban J connectivity index is 2.01. The zero-order valence-electron chi connectivity index (χ0n) is 11.3. The lowest BCUT2D eigenvalue weighted by Gasteiger charge is -2.36. The van der Waals surface area contributed by atoms with Crippen LogP contribution in [0.5, 0.6) is 0 Å². The molecular weight excluding hydrogens is 281 g/mol. The van der Waals surface area contributed by atoms with E-state index in [0.717, 1.165) is 37.8 Å². The van der Waals surface area contributed by atoms with E-state index in [1.54, 1.807) is 6.07 Å². The van der Waals surface area contributed by atoms with Gasteiger partial charge < -0.3 is 10.4 Å². The number of rotatable bonds is 4. The van der Waals surface area contributed by atoms with Gasteiger partial charge in [0.25, 0.3) is 0 Å². The van der Waals surface area contributed by atoms with Gasteiger partial charge in [-0.05, 0) is 43.9 Å². The second-order valence-electron chi connectivity index (χ2n) is 5.45. The van der Waals surface area contributed by atoms with Crippen LogP contribution in [0.25, 0.3) is 0 Å². The number of aliphatic hydroxyl groups is 1. The Morgan fingerprint density at radius 1 is 1.32 bits per heavy atom. The standard InChI is InChI=1S/C15H21Cl2NO/c1-2-18-12-6-8-15(19,9-7-12)10-11-4-3-5-13(16)14(11)17/h3-5,12,18-19H,2,6-10H2,1H3. The lowest BCUT2D eigenvalue weighted by atomic mass is 9.78. The fraction of sp³-hybridized carbons (Fsp3) is 0.600. The smallest absolute Gasteiger partial charge is 0.0689 e. The molecule has 1 aromatic carbocycles. The molecule has 0 bridgehead atoms. The van der Waals surface area contributed by atoms with Crippen LogP contribution >= 0.6 is 23.2 Å². The second kappa shape index (κ2) is 6.45. The predicted octanol–water partition coefficient (Wildman–Crippen LogP) is 3.82. The predicted molar refractivity (Wildman–Crippen MR) is 81.0 cm³/mol. The Hall–Kier alpha value is -0.280. The van der Waals surface area contributed by atoms with E-state index in [1.165, 1.54) is 0 Å². The van der Waals surface area contributed by atoms with Crippen molar-refractivity contribution >= 4 is 23.2 Å². The molecule has 0 unspecified atom stereocenters. The molecule has 1 aromatic rings. The molecule has 0 saturated heterocycles. The topological polar surface area (TPSA) is 32.3 Å². The van der Waals surface area contributed by atoms with Crippen molar-refractivity contribution in [3.8, 4) is 0 Å². The van der Waals surface area contributed by atoms with Crippen molar-refractivity contribution in [2.75, 3.05) is 6.54 Å². The van der Waals surface area contributed by atoms with E-state index in [4.69, 9.17) is 23.2 Å². The summed E-state index contributed by atoms with van der Waals surface area (Å²) in [5, 5.41) is 15.3. The molecule has 4 heteroatoms. The van der Waals surface area contributed by atoms with Crippen LogP contribution in [0.4, 0.5) is 0 Å². The zero-order chi connectivity index (χ0) is 13.9. The maximum absolute atomic E-state index is 10.7. The minimum Gasteiger partial charge on any atom is -0.390 e. The molecule has 0 spiro atoms. The maximum atomic E-state index is 10.7. The van der Waals surface area contributed by atoms with Crippen LogP contribution in [0.3, 0.4) is 0 Å². The number of hydrogen-bond donors (Lipinski definition) is 2. The normalized spacial score (nSPS) is 27.5. The maximum Gasteiger partial charge on any atom is 0.0689 e. The SMILES string of the molecule is CCNC1CCC(O)(Cc2cccc(Cl)c2Cl)CC1. The van der Waals surface area contributed by atoms with Gasteiger partial charge in [0.05, 0.1) is 15.6 Å². The Labute approximate surface area is 125 Å². The monoisotopic (exact) mass is 301 g/mol. The van der Waals surface area contributed by atoms with Crippen molar-refractivity contribution in [1.82, 2.24) is 5.32 Å². The van der Waals surface area contributed by atoms with Gasteiger partial charge in [0, 0.05) is 12.5 Å². The van der Waals surface area contributed by atoms with Crippen LogP contribution in [0.15, 0.2) is 18.2 Å². The van der Waals surface area contributed by atoms with Gasteiger partial charge in [-0.3, -0.25) is 0 Å². The number of nitrogens with one attached hydrogen (secondary N) is 1. The first-order valence-corrected chi connectivity index (χ1v) is 7.68. The lowest BCUT2D eigenvalue weighted by Crippen LogP contribution is -2.42. The van der Waals surface area contributed by atoms with Crippen LogP contribution < -0.4 is 5.32 Å². The first-order chi connectivity index (χ1) is 9.04. The average molecular weight is 302 g/mol. The van der Waals surface area contributed by atoms with E-state index in [-0.39, 0.29) is 0 Å². The summed E-state index contributed by atoms with van der Waals surface area (Å²) in [5.74, 6) is 0. The molecule has 2 nitrogen and oxygen atoms in total. The molecule has 0 radical (unpaired) electrons. The molecule has 0 aliphatic heterocycles. The van der Waals surface area contributed by atoms with Gasteiger partial charge in [0.15, 0.2) is 0 Å². The van der Waals surface area contributed by atoms with Crippen LogP contribution in [0.1, 0.15) is 38.2 Å². The minimum absolute atomic E-state index is 0.542. The van der Waals surface area contributed by atoms with Gasteiger partial charge in [0.2, 0.25) is 0 Å². The first kappa shape index (κ1) is 15.1. The molecule has 2 rings (SSSR count). The minimum atomic E-state index is -0.639. The number of hydrogen-bond acceptors (Lipinski definition) is 2. The fourth-order valence-corrected chi connectivity index (χ4v) is 3.25. The Bertz CT molecular complexity index is 428. The molecular formula is C15H21Cl2NO. The third kappa shape index (κ3) is 3.85. The van der Waals surface area contributed by atoms with Gasteiger partial charge in [-0.1, -0.05) is 42.3 Å². The molecule has 2 N–H and O–H groups in total. The fourth-order valence-electron chi connectivity index (χ4n) is 2.86. The van der Waals surface area contributed by atoms with Crippen molar-refractivity contribution in [2.24, 2.45) is 0 Å². The summed E-state index contributed by atoms with van der Waals surface area (Å²) in [5.41, 5.74) is 0.304. The summed E-state index contributed by atoms with van der Waals surface area (Å²) >= 11 is 12.2. The molecule has 1 aliphatic carbocycles. The van der Waals surface area contributed by atoms with Crippen LogP contribution in [-0.4, -0.2) is 23.3 Å². The van der Waals surface area contributed by atoms with Gasteiger partial charge in [0.1, 0.15) is 0 Å². The van der Waals surface area contributed by atoms with Crippen molar-refractivity contribution in [2.45, 2.75) is 50.7 Å². The molecule has 0 heterocycles. The van der Waals surface area contributed by atoms with E-state index in [0.29, 0.717) is 22.5 Å². The molecule has 0 amide bonds. The lowest BCUT2D eigenvalue weighted by molar-refractivity contribution is -0.00292. The van der Waals surface area contributed by atoms with E-state index in [9.17, 15) is 5.11 Å². The van der Waals surface area contributed by atoms with Gasteiger partial charge in [-0.15, -0.1) is 0 Å². The van der Waals surface area contributed by atoms with Crippen LogP contribution in [0.2, 0.25) is 10.0 Å². The van der Waals surface area contributed by atoms with E-state index >= 15 is 0 Å². The molecule has 0 atom stereocenters. The molecule has 106 valence electrons. The molecule has 1 fully saturated rings. The van der Waals surface area contributed by atoms with Gasteiger partial charge >= 0.3 is 0 Å². The van der Waals surface area contributed by atoms with Crippen molar-refractivity contribution in [1.29, 1.82) is 0 Å². The zero-order valence-corrected chi connectivity index (χ0v) is 12.8. The van der Waals surface area contributed by atoms with Crippen molar-refractivity contribution in [3.63, 3.8) is 0 Å². The number of benzene rings is 1. The summed E-state index contributed by atoms with van der Waals surface area (Å²) in [4.78, 5) is 0. The van der Waals surface area contributed by atoms with Gasteiger partial charge in [-0.25, -0.2) is 0 Å². The van der Waals surface area contributed by atoms with E-state index in [2.05, 4.69) is 12.2 Å². The van der Waals surface area contributed by atoms with E-state index < -0.39 is 5.60 Å². The molecule has 1 saturated carbocycles. The molecule has 19 heavy (non-hydrogen) atoms. The summed E-state index contributed by atoms with van der Waals surface area (Å²) in [7, 11) is 0. The first-order valence-electron chi connectivity index (χ1n) is 6.93. The summed E-state index contributed by atoms with van der Waals surface area (Å²) in [6.07, 6.45) is 4.25. The van der Waals surface area contributed by atoms with Crippen LogP contribution in [0, 0.1) is 0 Å². The molecule has 1 aliphatic rings. The third-order valence-electron chi connectivity index (χ3n) is 3.96. The third-order valence-corrected chi connectivity index (χ3v) is 4.82. The Morgan fingerprint density at radius 3 is 2.63 bits per heavy atom. The second-order valence-corrected chi connectivity index (χ2v) is 6.23. The highest BCUT2D eigenvalue weighted by Crippen LogP contribution is 2.35. The number of halogens is 2. The highest BCUT2D eigenvalue weighted by Gasteiger charge is 2.33. The highest BCUT2D eigenvalue weighted by atomic mass is 35.5. The summed E-state index contributed by atoms with van der Waals surface area (Å²) in [6.45, 7) is 3.11. The summed E-state index contributed by atoms with van der Waals surface area (Å²) < 4.78 is 0. The van der Waals surface area contributed by atoms with Gasteiger partial charge in [-0.2, -0.15) is 0 Å². The largest absolute Gasteiger partial charge is 0.390 e. The van der Waals surface area contributed by atoms with Crippen LogP contribution in [-0.2, 0) is 6.42 Å². The summed E-state index contributed by atoms with van der Waals surface area (Å²) in [6, 6.07) is 6.15. The van der Waals surface area contributed by atoms with E-state index in [1.807, 2.05) is 12.1 Å². The molecule has 0 aromatic heterocycles. The highest BCUT2D eigenvalue weighted by molar-refractivity contribution is 6.42. The quantitative estimate of drug-likeness (QED) is 0.886. The van der Waals surface area contributed by atoms with Crippen molar-refractivity contribution in [3.05, 3.63) is 33.8 Å². The Kier molecular flexibility index (Phi) is 5.13.